The average Bonchev–Trinajstić information content (AvgIpc) is 2.80. The van der Waals surface area contributed by atoms with Crippen molar-refractivity contribution < 1.29 is 0 Å². The number of aryl methyl sites for hydroxylation is 1. The molecule has 0 amide bonds. The Bertz CT molecular complexity index is 493. The second-order valence-electron chi connectivity index (χ2n) is 4.23. The van der Waals surface area contributed by atoms with Crippen molar-refractivity contribution in [2.45, 2.75) is 33.0 Å². The van der Waals surface area contributed by atoms with Crippen molar-refractivity contribution in [3.8, 4) is 0 Å². The molecule has 96 valence electrons. The Morgan fingerprint density at radius 1 is 1.28 bits per heavy atom. The highest BCUT2D eigenvalue weighted by molar-refractivity contribution is 6.31. The van der Waals surface area contributed by atoms with Crippen molar-refractivity contribution >= 4 is 11.6 Å². The predicted octanol–water partition coefficient (Wildman–Crippen LogP) is 3.24. The van der Waals surface area contributed by atoms with E-state index in [0.717, 1.165) is 42.5 Å². The molecule has 2 rings (SSSR count). The number of hydrogen-bond donors (Lipinski definition) is 1. The molecule has 0 unspecified atom stereocenters. The van der Waals surface area contributed by atoms with Crippen molar-refractivity contribution in [2.75, 3.05) is 0 Å². The topological polar surface area (TPSA) is 29.9 Å². The summed E-state index contributed by atoms with van der Waals surface area (Å²) in [7, 11) is 0. The maximum Gasteiger partial charge on any atom is 0.122 e. The van der Waals surface area contributed by atoms with Crippen molar-refractivity contribution in [3.63, 3.8) is 0 Å². The van der Waals surface area contributed by atoms with Gasteiger partial charge in [0.05, 0.1) is 6.54 Å². The molecule has 0 aliphatic carbocycles. The van der Waals surface area contributed by atoms with E-state index in [1.54, 1.807) is 0 Å². The fourth-order valence-corrected chi connectivity index (χ4v) is 2.11. The van der Waals surface area contributed by atoms with Crippen LogP contribution in [0.2, 0.25) is 5.02 Å². The Labute approximate surface area is 113 Å². The molecule has 0 aliphatic heterocycles. The zero-order chi connectivity index (χ0) is 12.8. The van der Waals surface area contributed by atoms with Crippen LogP contribution < -0.4 is 5.32 Å². The smallest absolute Gasteiger partial charge is 0.122 e. The third-order valence-corrected chi connectivity index (χ3v) is 3.19. The quantitative estimate of drug-likeness (QED) is 0.867. The molecule has 0 saturated heterocycles. The third-order valence-electron chi connectivity index (χ3n) is 2.82. The van der Waals surface area contributed by atoms with Crippen molar-refractivity contribution in [2.24, 2.45) is 0 Å². The van der Waals surface area contributed by atoms with E-state index in [-0.39, 0.29) is 0 Å². The van der Waals surface area contributed by atoms with Gasteiger partial charge in [0.25, 0.3) is 0 Å². The maximum atomic E-state index is 6.11. The minimum Gasteiger partial charge on any atom is -0.334 e. The molecule has 0 fully saturated rings. The highest BCUT2D eigenvalue weighted by atomic mass is 35.5. The van der Waals surface area contributed by atoms with Gasteiger partial charge in [0.2, 0.25) is 0 Å². The summed E-state index contributed by atoms with van der Waals surface area (Å²) in [4.78, 5) is 4.36. The van der Waals surface area contributed by atoms with Crippen molar-refractivity contribution in [1.29, 1.82) is 0 Å². The lowest BCUT2D eigenvalue weighted by Gasteiger charge is -2.08. The summed E-state index contributed by atoms with van der Waals surface area (Å²) in [6.07, 6.45) is 4.99. The van der Waals surface area contributed by atoms with Crippen molar-refractivity contribution in [3.05, 3.63) is 53.1 Å². The van der Waals surface area contributed by atoms with Gasteiger partial charge < -0.3 is 9.88 Å². The van der Waals surface area contributed by atoms with Crippen LogP contribution in [0.4, 0.5) is 0 Å². The zero-order valence-corrected chi connectivity index (χ0v) is 11.3. The Hall–Kier alpha value is -1.32. The molecule has 3 nitrogen and oxygen atoms in total. The lowest BCUT2D eigenvalue weighted by molar-refractivity contribution is 0.588. The van der Waals surface area contributed by atoms with Crippen LogP contribution in [0.3, 0.4) is 0 Å². The summed E-state index contributed by atoms with van der Waals surface area (Å²) in [5.41, 5.74) is 1.12. The summed E-state index contributed by atoms with van der Waals surface area (Å²) in [5.74, 6) is 1.07. The van der Waals surface area contributed by atoms with Crippen LogP contribution in [0.25, 0.3) is 0 Å². The van der Waals surface area contributed by atoms with Gasteiger partial charge in [-0.2, -0.15) is 0 Å². The van der Waals surface area contributed by atoms with Crippen molar-refractivity contribution in [1.82, 2.24) is 14.9 Å². The molecule has 4 heteroatoms. The lowest BCUT2D eigenvalue weighted by atomic mass is 10.2. The first-order chi connectivity index (χ1) is 8.81. The fourth-order valence-electron chi connectivity index (χ4n) is 1.90. The molecule has 2 aromatic rings. The summed E-state index contributed by atoms with van der Waals surface area (Å²) in [5, 5.41) is 4.18. The van der Waals surface area contributed by atoms with Crippen LogP contribution in [-0.2, 0) is 19.6 Å². The molecule has 0 saturated carbocycles. The zero-order valence-electron chi connectivity index (χ0n) is 10.6. The second kappa shape index (κ2) is 6.57. The Balaban J connectivity index is 1.88. The van der Waals surface area contributed by atoms with Gasteiger partial charge in [-0.3, -0.25) is 0 Å². The van der Waals surface area contributed by atoms with Gasteiger partial charge in [-0.15, -0.1) is 0 Å². The minimum atomic E-state index is 0.762. The number of benzene rings is 1. The van der Waals surface area contributed by atoms with E-state index in [9.17, 15) is 0 Å². The molecule has 0 radical (unpaired) electrons. The van der Waals surface area contributed by atoms with E-state index in [1.165, 1.54) is 0 Å². The van der Waals surface area contributed by atoms with Gasteiger partial charge in [0, 0.05) is 30.5 Å². The first-order valence-electron chi connectivity index (χ1n) is 6.25. The highest BCUT2D eigenvalue weighted by Gasteiger charge is 2.02. The molecule has 0 spiro atoms. The first kappa shape index (κ1) is 13.1. The molecular weight excluding hydrogens is 246 g/mol. The number of halogens is 1. The fraction of sp³-hybridized carbons (Fsp3) is 0.357. The van der Waals surface area contributed by atoms with E-state index < -0.39 is 0 Å². The number of rotatable bonds is 6. The number of hydrogen-bond acceptors (Lipinski definition) is 2. The Morgan fingerprint density at radius 3 is 2.89 bits per heavy atom. The predicted molar refractivity (Wildman–Crippen MR) is 74.5 cm³/mol. The normalized spacial score (nSPS) is 10.8. The number of imidazole rings is 1. The van der Waals surface area contributed by atoms with Crippen LogP contribution in [0, 0.1) is 0 Å². The standard InChI is InChI=1S/C14H18ClN3/c1-2-8-18-9-7-17-14(18)11-16-10-12-5-3-4-6-13(12)15/h3-7,9,16H,2,8,10-11H2,1H3. The van der Waals surface area contributed by atoms with E-state index in [1.807, 2.05) is 36.7 Å². The van der Waals surface area contributed by atoms with E-state index in [4.69, 9.17) is 11.6 Å². The van der Waals surface area contributed by atoms with Gasteiger partial charge >= 0.3 is 0 Å². The minimum absolute atomic E-state index is 0.762. The van der Waals surface area contributed by atoms with Gasteiger partial charge in [0.1, 0.15) is 5.82 Å². The Morgan fingerprint density at radius 2 is 2.11 bits per heavy atom. The molecular formula is C14H18ClN3. The van der Waals surface area contributed by atoms with Crippen LogP contribution in [0.5, 0.6) is 0 Å². The largest absolute Gasteiger partial charge is 0.334 e. The molecule has 1 aromatic carbocycles. The van der Waals surface area contributed by atoms with Gasteiger partial charge in [-0.25, -0.2) is 4.98 Å². The maximum absolute atomic E-state index is 6.11. The van der Waals surface area contributed by atoms with Gasteiger partial charge in [-0.1, -0.05) is 36.7 Å². The first-order valence-corrected chi connectivity index (χ1v) is 6.63. The summed E-state index contributed by atoms with van der Waals surface area (Å²) in [6.45, 7) is 4.71. The highest BCUT2D eigenvalue weighted by Crippen LogP contribution is 2.14. The van der Waals surface area contributed by atoms with E-state index >= 15 is 0 Å². The van der Waals surface area contributed by atoms with Crippen LogP contribution in [-0.4, -0.2) is 9.55 Å². The molecule has 0 atom stereocenters. The van der Waals surface area contributed by atoms with Crippen LogP contribution in [0.15, 0.2) is 36.7 Å². The molecule has 1 heterocycles. The van der Waals surface area contributed by atoms with E-state index in [0.29, 0.717) is 0 Å². The SMILES string of the molecule is CCCn1ccnc1CNCc1ccccc1Cl. The third kappa shape index (κ3) is 3.34. The molecule has 1 N–H and O–H groups in total. The van der Waals surface area contributed by atoms with Crippen LogP contribution >= 0.6 is 11.6 Å². The molecule has 1 aromatic heterocycles. The molecule has 18 heavy (non-hydrogen) atoms. The Kier molecular flexibility index (Phi) is 4.79. The lowest BCUT2D eigenvalue weighted by Crippen LogP contribution is -2.16. The number of aromatic nitrogens is 2. The molecule has 0 aliphatic rings. The number of nitrogens with one attached hydrogen (secondary N) is 1. The summed E-state index contributed by atoms with van der Waals surface area (Å²) in [6, 6.07) is 7.89. The number of nitrogens with zero attached hydrogens (tertiary/aromatic N) is 2. The molecule has 0 bridgehead atoms. The van der Waals surface area contributed by atoms with Gasteiger partial charge in [0.15, 0.2) is 0 Å². The summed E-state index contributed by atoms with van der Waals surface area (Å²) < 4.78 is 2.18. The summed E-state index contributed by atoms with van der Waals surface area (Å²) >= 11 is 6.11. The second-order valence-corrected chi connectivity index (χ2v) is 4.64. The average molecular weight is 264 g/mol. The monoisotopic (exact) mass is 263 g/mol. The van der Waals surface area contributed by atoms with E-state index in [2.05, 4.69) is 21.8 Å². The van der Waals surface area contributed by atoms with Gasteiger partial charge in [-0.05, 0) is 18.1 Å². The van der Waals surface area contributed by atoms with Crippen LogP contribution in [0.1, 0.15) is 24.7 Å².